The molecule has 0 fully saturated rings. The van der Waals surface area contributed by atoms with E-state index in [-0.39, 0.29) is 25.0 Å². The van der Waals surface area contributed by atoms with Gasteiger partial charge < -0.3 is 15.0 Å². The lowest BCUT2D eigenvalue weighted by atomic mass is 10.1. The summed E-state index contributed by atoms with van der Waals surface area (Å²) in [5, 5.41) is 3.66. The van der Waals surface area contributed by atoms with Crippen LogP contribution in [0.25, 0.3) is 0 Å². The molecule has 2 aromatic rings. The van der Waals surface area contributed by atoms with Crippen molar-refractivity contribution in [1.29, 1.82) is 0 Å². The van der Waals surface area contributed by atoms with Crippen molar-refractivity contribution in [2.24, 2.45) is 0 Å². The highest BCUT2D eigenvalue weighted by atomic mass is 35.5. The molecule has 7 heteroatoms. The van der Waals surface area contributed by atoms with Gasteiger partial charge in [0.15, 0.2) is 6.61 Å². The summed E-state index contributed by atoms with van der Waals surface area (Å²) >= 11 is 12.2. The predicted molar refractivity (Wildman–Crippen MR) is 126 cm³/mol. The van der Waals surface area contributed by atoms with E-state index in [9.17, 15) is 9.59 Å². The molecule has 0 aromatic heterocycles. The minimum Gasteiger partial charge on any atom is -0.483 e. The third kappa shape index (κ3) is 6.62. The van der Waals surface area contributed by atoms with Crippen molar-refractivity contribution in [2.45, 2.75) is 53.6 Å². The normalized spacial score (nSPS) is 11.7. The van der Waals surface area contributed by atoms with Crippen molar-refractivity contribution in [3.63, 3.8) is 0 Å². The molecule has 2 amide bonds. The van der Waals surface area contributed by atoms with Crippen molar-refractivity contribution in [3.8, 4) is 5.75 Å². The quantitative estimate of drug-likeness (QED) is 0.551. The number of nitrogens with one attached hydrogen (secondary N) is 1. The molecular formula is C24H30Cl2N2O3. The molecule has 0 heterocycles. The first-order chi connectivity index (χ1) is 14.7. The zero-order valence-electron chi connectivity index (χ0n) is 18.7. The SMILES string of the molecule is CCNC(=O)C(CC)N(Cc1ccc(Cl)c(Cl)c1)C(=O)COc1cc(C)cc(C)c1C. The van der Waals surface area contributed by atoms with Crippen LogP contribution in [0.4, 0.5) is 0 Å². The number of amides is 2. The molecule has 5 nitrogen and oxygen atoms in total. The van der Waals surface area contributed by atoms with Crippen molar-refractivity contribution >= 4 is 35.0 Å². The first kappa shape index (κ1) is 25.0. The molecule has 0 aliphatic carbocycles. The van der Waals surface area contributed by atoms with E-state index in [1.54, 1.807) is 23.1 Å². The number of nitrogens with zero attached hydrogens (tertiary/aromatic N) is 1. The van der Waals surface area contributed by atoms with Gasteiger partial charge in [0, 0.05) is 13.1 Å². The Hall–Kier alpha value is -2.24. The van der Waals surface area contributed by atoms with Crippen LogP contribution < -0.4 is 10.1 Å². The molecule has 0 saturated carbocycles. The molecule has 0 aliphatic heterocycles. The second kappa shape index (κ2) is 11.4. The molecule has 0 aliphatic rings. The number of hydrogen-bond acceptors (Lipinski definition) is 3. The number of carbonyl (C=O) groups excluding carboxylic acids is 2. The first-order valence-corrected chi connectivity index (χ1v) is 11.1. The number of likely N-dealkylation sites (N-methyl/N-ethyl adjacent to an activating group) is 1. The Labute approximate surface area is 194 Å². The van der Waals surface area contributed by atoms with Crippen molar-refractivity contribution in [1.82, 2.24) is 10.2 Å². The van der Waals surface area contributed by atoms with E-state index in [1.807, 2.05) is 40.7 Å². The summed E-state index contributed by atoms with van der Waals surface area (Å²) in [4.78, 5) is 27.4. The minimum absolute atomic E-state index is 0.166. The molecule has 1 atom stereocenters. The van der Waals surface area contributed by atoms with E-state index in [0.29, 0.717) is 28.8 Å². The number of benzene rings is 2. The maximum absolute atomic E-state index is 13.2. The van der Waals surface area contributed by atoms with Crippen LogP contribution in [0.5, 0.6) is 5.75 Å². The van der Waals surface area contributed by atoms with Crippen molar-refractivity contribution < 1.29 is 14.3 Å². The Morgan fingerprint density at radius 1 is 1.06 bits per heavy atom. The molecular weight excluding hydrogens is 435 g/mol. The average Bonchev–Trinajstić information content (AvgIpc) is 2.72. The summed E-state index contributed by atoms with van der Waals surface area (Å²) in [5.74, 6) is 0.204. The average molecular weight is 465 g/mol. The van der Waals surface area contributed by atoms with Gasteiger partial charge in [0.1, 0.15) is 11.8 Å². The standard InChI is InChI=1S/C24H30Cl2N2O3/c1-6-21(24(30)27-7-2)28(13-18-8-9-19(25)20(26)12-18)23(29)14-31-22-11-15(3)10-16(4)17(22)5/h8-12,21H,6-7,13-14H2,1-5H3,(H,27,30). The topological polar surface area (TPSA) is 58.6 Å². The Balaban J connectivity index is 2.28. The molecule has 2 aromatic carbocycles. The molecule has 0 bridgehead atoms. The highest BCUT2D eigenvalue weighted by molar-refractivity contribution is 6.42. The predicted octanol–water partition coefficient (Wildman–Crippen LogP) is 5.24. The number of hydrogen-bond donors (Lipinski definition) is 1. The zero-order chi connectivity index (χ0) is 23.1. The van der Waals surface area contributed by atoms with Crippen molar-refractivity contribution in [2.75, 3.05) is 13.2 Å². The van der Waals surface area contributed by atoms with Crippen molar-refractivity contribution in [3.05, 3.63) is 62.6 Å². The van der Waals surface area contributed by atoms with E-state index < -0.39 is 6.04 Å². The third-order valence-electron chi connectivity index (χ3n) is 5.19. The van der Waals surface area contributed by atoms with Gasteiger partial charge in [-0.1, -0.05) is 42.3 Å². The molecule has 0 radical (unpaired) electrons. The summed E-state index contributed by atoms with van der Waals surface area (Å²) in [6.45, 7) is 10.2. The molecule has 2 rings (SSSR count). The van der Waals surface area contributed by atoms with Crippen LogP contribution in [0.1, 0.15) is 42.5 Å². The Bertz CT molecular complexity index is 947. The molecule has 1 unspecified atom stereocenters. The maximum atomic E-state index is 13.2. The number of carbonyl (C=O) groups is 2. The largest absolute Gasteiger partial charge is 0.483 e. The van der Waals surface area contributed by atoms with Crippen LogP contribution in [-0.4, -0.2) is 35.9 Å². The van der Waals surface area contributed by atoms with Gasteiger partial charge in [-0.2, -0.15) is 0 Å². The van der Waals surface area contributed by atoms with Crippen LogP contribution in [0.2, 0.25) is 10.0 Å². The Morgan fingerprint density at radius 2 is 1.77 bits per heavy atom. The lowest BCUT2D eigenvalue weighted by molar-refractivity contribution is -0.142. The fourth-order valence-corrected chi connectivity index (χ4v) is 3.74. The van der Waals surface area contributed by atoms with Crippen LogP contribution in [0, 0.1) is 20.8 Å². The molecule has 0 spiro atoms. The van der Waals surface area contributed by atoms with Crippen LogP contribution >= 0.6 is 23.2 Å². The van der Waals surface area contributed by atoms with Gasteiger partial charge in [-0.25, -0.2) is 0 Å². The fourth-order valence-electron chi connectivity index (χ4n) is 3.42. The second-order valence-corrected chi connectivity index (χ2v) is 8.40. The van der Waals surface area contributed by atoms with Crippen LogP contribution in [0.3, 0.4) is 0 Å². The number of halogens is 2. The number of ether oxygens (including phenoxy) is 1. The van der Waals surface area contributed by atoms with Gasteiger partial charge in [-0.15, -0.1) is 0 Å². The van der Waals surface area contributed by atoms with Gasteiger partial charge in [0.25, 0.3) is 5.91 Å². The smallest absolute Gasteiger partial charge is 0.261 e. The minimum atomic E-state index is -0.620. The molecule has 1 N–H and O–H groups in total. The highest BCUT2D eigenvalue weighted by Gasteiger charge is 2.29. The fraction of sp³-hybridized carbons (Fsp3) is 0.417. The van der Waals surface area contributed by atoms with E-state index >= 15 is 0 Å². The third-order valence-corrected chi connectivity index (χ3v) is 5.93. The highest BCUT2D eigenvalue weighted by Crippen LogP contribution is 2.25. The maximum Gasteiger partial charge on any atom is 0.261 e. The summed E-state index contributed by atoms with van der Waals surface area (Å²) in [6.07, 6.45) is 0.474. The first-order valence-electron chi connectivity index (χ1n) is 10.4. The van der Waals surface area contributed by atoms with E-state index in [2.05, 4.69) is 11.4 Å². The molecule has 0 saturated heterocycles. The van der Waals surface area contributed by atoms with Gasteiger partial charge in [-0.3, -0.25) is 9.59 Å². The monoisotopic (exact) mass is 464 g/mol. The van der Waals surface area contributed by atoms with Gasteiger partial charge in [-0.05, 0) is 74.6 Å². The Kier molecular flexibility index (Phi) is 9.20. The summed E-state index contributed by atoms with van der Waals surface area (Å²) in [7, 11) is 0. The van der Waals surface area contributed by atoms with Gasteiger partial charge in [0.2, 0.25) is 5.91 Å². The van der Waals surface area contributed by atoms with Crippen LogP contribution in [0.15, 0.2) is 30.3 Å². The number of aryl methyl sites for hydroxylation is 2. The second-order valence-electron chi connectivity index (χ2n) is 7.58. The van der Waals surface area contributed by atoms with E-state index in [1.165, 1.54) is 0 Å². The summed E-state index contributed by atoms with van der Waals surface area (Å²) in [5.41, 5.74) is 3.94. The number of rotatable bonds is 9. The van der Waals surface area contributed by atoms with E-state index in [4.69, 9.17) is 27.9 Å². The van der Waals surface area contributed by atoms with Gasteiger partial charge in [0.05, 0.1) is 10.0 Å². The molecule has 168 valence electrons. The van der Waals surface area contributed by atoms with E-state index in [0.717, 1.165) is 22.3 Å². The summed E-state index contributed by atoms with van der Waals surface area (Å²) in [6, 6.07) is 8.57. The lowest BCUT2D eigenvalue weighted by Crippen LogP contribution is -2.50. The zero-order valence-corrected chi connectivity index (χ0v) is 20.2. The summed E-state index contributed by atoms with van der Waals surface area (Å²) < 4.78 is 5.89. The Morgan fingerprint density at radius 3 is 2.39 bits per heavy atom. The van der Waals surface area contributed by atoms with Crippen LogP contribution in [-0.2, 0) is 16.1 Å². The lowest BCUT2D eigenvalue weighted by Gasteiger charge is -2.30. The molecule has 31 heavy (non-hydrogen) atoms. The van der Waals surface area contributed by atoms with Gasteiger partial charge >= 0.3 is 0 Å².